The summed E-state index contributed by atoms with van der Waals surface area (Å²) in [6.45, 7) is 3.14. The van der Waals surface area contributed by atoms with Gasteiger partial charge in [-0.15, -0.1) is 0 Å². The lowest BCUT2D eigenvalue weighted by Gasteiger charge is -2.35. The topological polar surface area (TPSA) is 90.7 Å². The monoisotopic (exact) mass is 396 g/mol. The van der Waals surface area contributed by atoms with Crippen LogP contribution in [0.5, 0.6) is 5.75 Å². The molecule has 29 heavy (non-hydrogen) atoms. The number of carboxylic acids is 1. The molecule has 1 heterocycles. The van der Waals surface area contributed by atoms with Crippen LogP contribution in [0, 0.1) is 0 Å². The smallest absolute Gasteiger partial charge is 0.354 e. The molecule has 1 aromatic heterocycles. The summed E-state index contributed by atoms with van der Waals surface area (Å²) in [7, 11) is 0. The van der Waals surface area contributed by atoms with Gasteiger partial charge in [-0.05, 0) is 68.8 Å². The Hall–Kier alpha value is -2.73. The number of ketones is 1. The number of Topliss-reactive ketones (excluding diaryl/α,β-unsaturated/α-hetero) is 1. The second-order valence-corrected chi connectivity index (χ2v) is 7.67. The molecule has 0 radical (unpaired) electrons. The third-order valence-corrected chi connectivity index (χ3v) is 5.55. The number of fused-ring (bicyclic) bond motifs is 1. The number of hydrogen-bond acceptors (Lipinski definition) is 5. The summed E-state index contributed by atoms with van der Waals surface area (Å²) in [4.78, 5) is 29.4. The van der Waals surface area contributed by atoms with Gasteiger partial charge in [0.1, 0.15) is 17.2 Å². The number of pyridine rings is 1. The number of aryl methyl sites for hydroxylation is 1. The summed E-state index contributed by atoms with van der Waals surface area (Å²) in [6, 6.07) is 11.0. The first-order valence-corrected chi connectivity index (χ1v) is 10.2. The molecule has 2 N–H and O–H groups in total. The minimum atomic E-state index is -1.01. The van der Waals surface area contributed by atoms with Crippen LogP contribution in [-0.2, 0) is 17.6 Å². The molecular formula is C23H28N2O4. The van der Waals surface area contributed by atoms with Crippen LogP contribution in [0.25, 0.3) is 0 Å². The van der Waals surface area contributed by atoms with Crippen molar-refractivity contribution in [2.45, 2.75) is 51.5 Å². The van der Waals surface area contributed by atoms with Gasteiger partial charge in [-0.25, -0.2) is 9.78 Å². The number of carbonyl (C=O) groups excluding carboxylic acids is 1. The fourth-order valence-electron chi connectivity index (χ4n) is 4.07. The Morgan fingerprint density at radius 2 is 1.97 bits per heavy atom. The van der Waals surface area contributed by atoms with Gasteiger partial charge in [-0.2, -0.15) is 0 Å². The van der Waals surface area contributed by atoms with E-state index in [1.54, 1.807) is 19.1 Å². The van der Waals surface area contributed by atoms with Crippen LogP contribution in [-0.4, -0.2) is 44.9 Å². The zero-order chi connectivity index (χ0) is 20.8. The van der Waals surface area contributed by atoms with E-state index in [0.717, 1.165) is 55.6 Å². The molecule has 6 nitrogen and oxygen atoms in total. The second kappa shape index (κ2) is 9.65. The highest BCUT2D eigenvalue weighted by Crippen LogP contribution is 2.34. The molecule has 1 aliphatic rings. The third-order valence-electron chi connectivity index (χ3n) is 5.55. The Morgan fingerprint density at radius 1 is 1.17 bits per heavy atom. The van der Waals surface area contributed by atoms with Crippen molar-refractivity contribution in [3.8, 4) is 5.75 Å². The average Bonchev–Trinajstić information content (AvgIpc) is 2.70. The maximum Gasteiger partial charge on any atom is 0.354 e. The summed E-state index contributed by atoms with van der Waals surface area (Å²) >= 11 is 0. The number of carboxylic acid groups (broad SMARTS) is 1. The Bertz CT molecular complexity index is 881. The molecule has 1 unspecified atom stereocenters. The summed E-state index contributed by atoms with van der Waals surface area (Å²) in [5.41, 5.74) is 2.93. The van der Waals surface area contributed by atoms with Gasteiger partial charge in [0.2, 0.25) is 0 Å². The number of benzene rings is 1. The molecule has 3 rings (SSSR count). The van der Waals surface area contributed by atoms with Crippen LogP contribution < -0.4 is 0 Å². The van der Waals surface area contributed by atoms with Crippen LogP contribution >= 0.6 is 0 Å². The first-order valence-electron chi connectivity index (χ1n) is 10.2. The molecule has 154 valence electrons. The Kier molecular flexibility index (Phi) is 6.99. The van der Waals surface area contributed by atoms with Crippen molar-refractivity contribution in [2.75, 3.05) is 13.1 Å². The first-order chi connectivity index (χ1) is 14.0. The zero-order valence-corrected chi connectivity index (χ0v) is 16.8. The highest BCUT2D eigenvalue weighted by atomic mass is 16.4. The van der Waals surface area contributed by atoms with E-state index in [1.807, 2.05) is 24.3 Å². The van der Waals surface area contributed by atoms with Crippen LogP contribution in [0.2, 0.25) is 0 Å². The van der Waals surface area contributed by atoms with E-state index in [0.29, 0.717) is 18.6 Å². The highest BCUT2D eigenvalue weighted by Gasteiger charge is 2.27. The van der Waals surface area contributed by atoms with E-state index in [-0.39, 0.29) is 17.5 Å². The molecule has 2 aromatic rings. The van der Waals surface area contributed by atoms with Crippen LogP contribution in [0.3, 0.4) is 0 Å². The predicted octanol–water partition coefficient (Wildman–Crippen LogP) is 3.78. The second-order valence-electron chi connectivity index (χ2n) is 7.67. The van der Waals surface area contributed by atoms with Gasteiger partial charge in [0.15, 0.2) is 0 Å². The molecule has 0 aliphatic heterocycles. The molecule has 0 spiro atoms. The van der Waals surface area contributed by atoms with Crippen molar-refractivity contribution in [1.29, 1.82) is 0 Å². The van der Waals surface area contributed by atoms with Crippen molar-refractivity contribution < 1.29 is 19.8 Å². The summed E-state index contributed by atoms with van der Waals surface area (Å²) < 4.78 is 0. The average molecular weight is 396 g/mol. The van der Waals surface area contributed by atoms with Crippen LogP contribution in [0.4, 0.5) is 0 Å². The summed E-state index contributed by atoms with van der Waals surface area (Å²) in [6.07, 6.45) is 4.74. The van der Waals surface area contributed by atoms with E-state index < -0.39 is 5.97 Å². The number of aromatic carboxylic acids is 1. The molecule has 0 amide bonds. The number of phenolic OH excluding ortho intramolecular Hbond substituents is 1. The minimum Gasteiger partial charge on any atom is -0.508 e. The molecule has 6 heteroatoms. The van der Waals surface area contributed by atoms with Crippen molar-refractivity contribution in [1.82, 2.24) is 9.88 Å². The van der Waals surface area contributed by atoms with Gasteiger partial charge in [0.25, 0.3) is 0 Å². The van der Waals surface area contributed by atoms with Crippen LogP contribution in [0.15, 0.2) is 36.4 Å². The molecule has 1 aromatic carbocycles. The van der Waals surface area contributed by atoms with Gasteiger partial charge in [0, 0.05) is 24.7 Å². The third kappa shape index (κ3) is 5.41. The normalized spacial score (nSPS) is 15.9. The van der Waals surface area contributed by atoms with Crippen LogP contribution in [0.1, 0.15) is 66.0 Å². The fourth-order valence-corrected chi connectivity index (χ4v) is 4.07. The predicted molar refractivity (Wildman–Crippen MR) is 110 cm³/mol. The number of para-hydroxylation sites is 1. The number of rotatable bonds is 9. The summed E-state index contributed by atoms with van der Waals surface area (Å²) in [5.74, 6) is -0.525. The van der Waals surface area contributed by atoms with E-state index in [4.69, 9.17) is 0 Å². The molecule has 0 fully saturated rings. The van der Waals surface area contributed by atoms with Crippen molar-refractivity contribution in [2.24, 2.45) is 0 Å². The summed E-state index contributed by atoms with van der Waals surface area (Å²) in [5, 5.41) is 19.3. The van der Waals surface area contributed by atoms with Crippen molar-refractivity contribution in [3.63, 3.8) is 0 Å². The lowest BCUT2D eigenvalue weighted by atomic mass is 9.89. The quantitative estimate of drug-likeness (QED) is 0.670. The number of nitrogens with zero attached hydrogens (tertiary/aromatic N) is 2. The largest absolute Gasteiger partial charge is 0.508 e. The van der Waals surface area contributed by atoms with E-state index in [2.05, 4.69) is 9.88 Å². The molecule has 1 atom stereocenters. The highest BCUT2D eigenvalue weighted by molar-refractivity contribution is 5.85. The number of aromatic nitrogens is 1. The van der Waals surface area contributed by atoms with Gasteiger partial charge < -0.3 is 15.0 Å². The lowest BCUT2D eigenvalue weighted by molar-refractivity contribution is -0.117. The Balaban J connectivity index is 1.81. The molecule has 1 aliphatic carbocycles. The number of hydrogen-bond donors (Lipinski definition) is 2. The number of carbonyl (C=O) groups is 2. The van der Waals surface area contributed by atoms with Gasteiger partial charge >= 0.3 is 5.97 Å². The van der Waals surface area contributed by atoms with E-state index >= 15 is 0 Å². The first kappa shape index (κ1) is 21.0. The molecular weight excluding hydrogens is 368 g/mol. The molecule has 0 saturated heterocycles. The van der Waals surface area contributed by atoms with Gasteiger partial charge in [-0.1, -0.05) is 24.3 Å². The maximum atomic E-state index is 11.4. The molecule has 0 bridgehead atoms. The Morgan fingerprint density at radius 3 is 2.69 bits per heavy atom. The van der Waals surface area contributed by atoms with Crippen molar-refractivity contribution >= 4 is 11.8 Å². The maximum absolute atomic E-state index is 11.4. The number of phenols is 1. The zero-order valence-electron chi connectivity index (χ0n) is 16.8. The minimum absolute atomic E-state index is 0.0849. The Labute approximate surface area is 171 Å². The van der Waals surface area contributed by atoms with E-state index in [1.165, 1.54) is 0 Å². The molecule has 0 saturated carbocycles. The fraction of sp³-hybridized carbons (Fsp3) is 0.435. The standard InChI is InChI=1S/C23H28N2O4/c1-16(26)6-5-14-25(15-13-17-7-2-3-10-22(17)27)21-9-4-8-19-18(21)11-12-20(24-19)23(28)29/h2-3,7,10-12,21,27H,4-6,8-9,13-15H2,1H3,(H,28,29). The van der Waals surface area contributed by atoms with Crippen molar-refractivity contribution in [3.05, 3.63) is 58.9 Å². The SMILES string of the molecule is CC(=O)CCCN(CCc1ccccc1O)C1CCCc2nc(C(=O)O)ccc21. The lowest BCUT2D eigenvalue weighted by Crippen LogP contribution is -2.34. The van der Waals surface area contributed by atoms with E-state index in [9.17, 15) is 19.8 Å². The number of aromatic hydroxyl groups is 1. The van der Waals surface area contributed by atoms with Gasteiger partial charge in [-0.3, -0.25) is 4.90 Å². The van der Waals surface area contributed by atoms with Gasteiger partial charge in [0.05, 0.1) is 0 Å².